The number of nitrogens with zero attached hydrogens (tertiary/aromatic N) is 1. The third kappa shape index (κ3) is 2.87. The monoisotopic (exact) mass is 282 g/mol. The van der Waals surface area contributed by atoms with Crippen LogP contribution >= 0.6 is 0 Å². The zero-order valence-electron chi connectivity index (χ0n) is 12.2. The molecule has 0 radical (unpaired) electrons. The number of ether oxygens (including phenoxy) is 1. The summed E-state index contributed by atoms with van der Waals surface area (Å²) in [5.74, 6) is 0.685. The van der Waals surface area contributed by atoms with Crippen LogP contribution in [0.4, 0.5) is 11.5 Å². The van der Waals surface area contributed by atoms with Gasteiger partial charge in [-0.2, -0.15) is 0 Å². The highest BCUT2D eigenvalue weighted by atomic mass is 16.5. The van der Waals surface area contributed by atoms with E-state index >= 15 is 0 Å². The molecule has 1 saturated carbocycles. The molecule has 4 N–H and O–H groups in total. The first-order valence-corrected chi connectivity index (χ1v) is 6.76. The lowest BCUT2D eigenvalue weighted by Crippen LogP contribution is -2.40. The van der Waals surface area contributed by atoms with E-state index in [1.165, 1.54) is 4.57 Å². The Morgan fingerprint density at radius 3 is 2.65 bits per heavy atom. The maximum atomic E-state index is 12.0. The minimum atomic E-state index is -0.515. The van der Waals surface area contributed by atoms with Crippen molar-refractivity contribution in [3.8, 4) is 0 Å². The first kappa shape index (κ1) is 14.6. The number of hydrogen-bond acceptors (Lipinski definition) is 5. The fourth-order valence-electron chi connectivity index (χ4n) is 2.34. The summed E-state index contributed by atoms with van der Waals surface area (Å²) in [4.78, 5) is 26.0. The van der Waals surface area contributed by atoms with Gasteiger partial charge in [0.25, 0.3) is 5.56 Å². The van der Waals surface area contributed by atoms with Gasteiger partial charge in [-0.3, -0.25) is 14.3 Å². The Morgan fingerprint density at radius 2 is 2.10 bits per heavy atom. The molecular formula is C13H22N4O3. The lowest BCUT2D eigenvalue weighted by Gasteiger charge is -2.28. The van der Waals surface area contributed by atoms with Crippen molar-refractivity contribution < 1.29 is 4.74 Å². The van der Waals surface area contributed by atoms with E-state index in [4.69, 9.17) is 10.5 Å². The Balaban J connectivity index is 2.37. The summed E-state index contributed by atoms with van der Waals surface area (Å²) in [6, 6.07) is 0. The highest BCUT2D eigenvalue weighted by Crippen LogP contribution is 2.41. The molecule has 20 heavy (non-hydrogen) atoms. The van der Waals surface area contributed by atoms with Gasteiger partial charge in [-0.25, -0.2) is 4.79 Å². The molecule has 1 aliphatic rings. The van der Waals surface area contributed by atoms with Crippen LogP contribution in [0.3, 0.4) is 0 Å². The molecule has 2 rings (SSSR count). The van der Waals surface area contributed by atoms with E-state index in [2.05, 4.69) is 10.3 Å². The van der Waals surface area contributed by atoms with Gasteiger partial charge >= 0.3 is 5.69 Å². The van der Waals surface area contributed by atoms with Crippen molar-refractivity contribution in [2.75, 3.05) is 24.8 Å². The Morgan fingerprint density at radius 1 is 1.45 bits per heavy atom. The van der Waals surface area contributed by atoms with E-state index < -0.39 is 11.2 Å². The van der Waals surface area contributed by atoms with Crippen LogP contribution in [0.5, 0.6) is 0 Å². The third-order valence-electron chi connectivity index (χ3n) is 3.80. The largest absolute Gasteiger partial charge is 0.383 e. The van der Waals surface area contributed by atoms with Crippen LogP contribution in [-0.4, -0.2) is 28.8 Å². The minimum absolute atomic E-state index is 0.157. The number of anilines is 2. The van der Waals surface area contributed by atoms with Crippen LogP contribution in [0.25, 0.3) is 0 Å². The molecule has 112 valence electrons. The highest BCUT2D eigenvalue weighted by molar-refractivity contribution is 5.61. The predicted molar refractivity (Wildman–Crippen MR) is 78.0 cm³/mol. The molecule has 1 aromatic rings. The number of aromatic nitrogens is 2. The Bertz CT molecular complexity index is 599. The third-order valence-corrected chi connectivity index (χ3v) is 3.80. The van der Waals surface area contributed by atoms with E-state index in [9.17, 15) is 9.59 Å². The first-order valence-electron chi connectivity index (χ1n) is 6.76. The maximum Gasteiger partial charge on any atom is 0.330 e. The Hall–Kier alpha value is -1.76. The second-order valence-electron chi connectivity index (χ2n) is 5.78. The second kappa shape index (κ2) is 5.32. The number of nitrogen functional groups attached to an aromatic ring is 1. The standard InChI is InChI=1S/C13H22N4O3/c1-13(2,8-4-5-8)16-9-10(14)17(6-7-20-3)12(19)15-11(9)18/h8,16H,4-7,14H2,1-3H3,(H,15,18,19). The van der Waals surface area contributed by atoms with E-state index in [0.29, 0.717) is 19.1 Å². The predicted octanol–water partition coefficient (Wildman–Crippen LogP) is 0.366. The molecular weight excluding hydrogens is 260 g/mol. The van der Waals surface area contributed by atoms with Crippen molar-refractivity contribution in [2.24, 2.45) is 5.92 Å². The van der Waals surface area contributed by atoms with E-state index in [-0.39, 0.29) is 17.0 Å². The van der Waals surface area contributed by atoms with E-state index in [1.807, 2.05) is 13.8 Å². The van der Waals surface area contributed by atoms with Crippen LogP contribution in [0.2, 0.25) is 0 Å². The maximum absolute atomic E-state index is 12.0. The molecule has 0 aliphatic heterocycles. The van der Waals surface area contributed by atoms with E-state index in [1.54, 1.807) is 7.11 Å². The van der Waals surface area contributed by atoms with Crippen LogP contribution in [0.15, 0.2) is 9.59 Å². The number of aromatic amines is 1. The summed E-state index contributed by atoms with van der Waals surface area (Å²) in [6.07, 6.45) is 2.28. The van der Waals surface area contributed by atoms with E-state index in [0.717, 1.165) is 12.8 Å². The molecule has 1 heterocycles. The molecule has 1 aliphatic carbocycles. The molecule has 1 fully saturated rings. The van der Waals surface area contributed by atoms with Crippen LogP contribution in [0, 0.1) is 5.92 Å². The number of H-pyrrole nitrogens is 1. The number of nitrogens with one attached hydrogen (secondary N) is 2. The molecule has 0 saturated heterocycles. The van der Waals surface area contributed by atoms with Crippen LogP contribution < -0.4 is 22.3 Å². The molecule has 0 aromatic carbocycles. The summed E-state index contributed by atoms with van der Waals surface area (Å²) in [6.45, 7) is 4.72. The Labute approximate surface area is 117 Å². The second-order valence-corrected chi connectivity index (χ2v) is 5.78. The average Bonchev–Trinajstić information content (AvgIpc) is 3.19. The fraction of sp³-hybridized carbons (Fsp3) is 0.692. The topological polar surface area (TPSA) is 102 Å². The smallest absolute Gasteiger partial charge is 0.330 e. The van der Waals surface area contributed by atoms with Crippen LogP contribution in [-0.2, 0) is 11.3 Å². The molecule has 7 nitrogen and oxygen atoms in total. The van der Waals surface area contributed by atoms with Gasteiger partial charge < -0.3 is 15.8 Å². The summed E-state index contributed by atoms with van der Waals surface area (Å²) < 4.78 is 6.26. The quantitative estimate of drug-likeness (QED) is 0.699. The van der Waals surface area contributed by atoms with Gasteiger partial charge in [-0.05, 0) is 32.6 Å². The number of methoxy groups -OCH3 is 1. The zero-order chi connectivity index (χ0) is 14.9. The molecule has 7 heteroatoms. The van der Waals surface area contributed by atoms with Gasteiger partial charge in [0.05, 0.1) is 13.2 Å². The molecule has 0 bridgehead atoms. The molecule has 0 amide bonds. The summed E-state index contributed by atoms with van der Waals surface area (Å²) in [5.41, 5.74) is 5.03. The summed E-state index contributed by atoms with van der Waals surface area (Å²) in [7, 11) is 1.54. The van der Waals surface area contributed by atoms with Gasteiger partial charge in [-0.1, -0.05) is 0 Å². The van der Waals surface area contributed by atoms with Gasteiger partial charge in [-0.15, -0.1) is 0 Å². The average molecular weight is 282 g/mol. The van der Waals surface area contributed by atoms with Gasteiger partial charge in [0, 0.05) is 12.6 Å². The lowest BCUT2D eigenvalue weighted by atomic mass is 9.98. The summed E-state index contributed by atoms with van der Waals surface area (Å²) in [5, 5.41) is 3.19. The highest BCUT2D eigenvalue weighted by Gasteiger charge is 2.38. The van der Waals surface area contributed by atoms with Crippen molar-refractivity contribution in [3.05, 3.63) is 20.8 Å². The SMILES string of the molecule is COCCn1c(N)c(NC(C)(C)C2CC2)c(=O)[nH]c1=O. The molecule has 0 unspecified atom stereocenters. The van der Waals surface area contributed by atoms with Gasteiger partial charge in [0.2, 0.25) is 0 Å². The van der Waals surface area contributed by atoms with Crippen molar-refractivity contribution in [1.82, 2.24) is 9.55 Å². The lowest BCUT2D eigenvalue weighted by molar-refractivity contribution is 0.186. The first-order chi connectivity index (χ1) is 9.36. The molecule has 0 spiro atoms. The molecule has 1 aromatic heterocycles. The van der Waals surface area contributed by atoms with Crippen molar-refractivity contribution in [1.29, 1.82) is 0 Å². The minimum Gasteiger partial charge on any atom is -0.383 e. The van der Waals surface area contributed by atoms with Gasteiger partial charge in [0.15, 0.2) is 0 Å². The number of rotatable bonds is 6. The zero-order valence-corrected chi connectivity index (χ0v) is 12.2. The van der Waals surface area contributed by atoms with Crippen molar-refractivity contribution in [3.63, 3.8) is 0 Å². The molecule has 0 atom stereocenters. The fourth-order valence-corrected chi connectivity index (χ4v) is 2.34. The van der Waals surface area contributed by atoms with Crippen LogP contribution in [0.1, 0.15) is 26.7 Å². The Kier molecular flexibility index (Phi) is 3.89. The summed E-state index contributed by atoms with van der Waals surface area (Å²) >= 11 is 0. The van der Waals surface area contributed by atoms with Gasteiger partial charge in [0.1, 0.15) is 11.5 Å². The number of nitrogens with two attached hydrogens (primary N) is 1. The van der Waals surface area contributed by atoms with Crippen molar-refractivity contribution in [2.45, 2.75) is 38.8 Å². The number of hydrogen-bond donors (Lipinski definition) is 3. The van der Waals surface area contributed by atoms with Crippen molar-refractivity contribution >= 4 is 11.5 Å². The normalized spacial score (nSPS) is 15.3.